The number of amides is 2. The van der Waals surface area contributed by atoms with E-state index in [0.717, 1.165) is 38.3 Å². The number of hydrogen-bond donors (Lipinski definition) is 3. The van der Waals surface area contributed by atoms with Gasteiger partial charge in [-0.1, -0.05) is 19.3 Å². The molecule has 36 heavy (non-hydrogen) atoms. The van der Waals surface area contributed by atoms with Gasteiger partial charge in [0.2, 0.25) is 11.9 Å². The van der Waals surface area contributed by atoms with Gasteiger partial charge in [0.15, 0.2) is 0 Å². The van der Waals surface area contributed by atoms with Crippen LogP contribution in [-0.2, 0) is 4.79 Å². The molecule has 1 saturated carbocycles. The summed E-state index contributed by atoms with van der Waals surface area (Å²) < 4.78 is 1.92. The van der Waals surface area contributed by atoms with E-state index in [-0.39, 0.29) is 29.8 Å². The van der Waals surface area contributed by atoms with E-state index in [1.165, 1.54) is 32.1 Å². The summed E-state index contributed by atoms with van der Waals surface area (Å²) in [6, 6.07) is 3.59. The zero-order valence-corrected chi connectivity index (χ0v) is 21.2. The van der Waals surface area contributed by atoms with Crippen molar-refractivity contribution in [3.63, 3.8) is 0 Å². The van der Waals surface area contributed by atoms with E-state index in [0.29, 0.717) is 30.3 Å². The van der Waals surface area contributed by atoms with Crippen LogP contribution in [0.25, 0.3) is 11.3 Å². The van der Waals surface area contributed by atoms with E-state index >= 15 is 0 Å². The molecule has 4 heterocycles. The summed E-state index contributed by atoms with van der Waals surface area (Å²) >= 11 is 0. The first kappa shape index (κ1) is 24.7. The smallest absolute Gasteiger partial charge is 0.268 e. The summed E-state index contributed by atoms with van der Waals surface area (Å²) in [5.74, 6) is 0.625. The van der Waals surface area contributed by atoms with Crippen LogP contribution in [0.15, 0.2) is 24.5 Å². The Bertz CT molecular complexity index is 1070. The van der Waals surface area contributed by atoms with Crippen molar-refractivity contribution in [3.8, 4) is 11.3 Å². The number of nitrogen functional groups attached to an aromatic ring is 1. The van der Waals surface area contributed by atoms with Gasteiger partial charge in [0.1, 0.15) is 5.69 Å². The van der Waals surface area contributed by atoms with Crippen LogP contribution in [0.5, 0.6) is 0 Å². The molecule has 1 saturated heterocycles. The predicted molar refractivity (Wildman–Crippen MR) is 138 cm³/mol. The van der Waals surface area contributed by atoms with Crippen molar-refractivity contribution >= 4 is 17.8 Å². The lowest BCUT2D eigenvalue weighted by Crippen LogP contribution is -2.53. The lowest BCUT2D eigenvalue weighted by molar-refractivity contribution is -0.123. The average molecular weight is 495 g/mol. The van der Waals surface area contributed by atoms with Crippen molar-refractivity contribution in [3.05, 3.63) is 30.2 Å². The molecule has 5 rings (SSSR count). The Balaban J connectivity index is 1.28. The Morgan fingerprint density at radius 1 is 1.22 bits per heavy atom. The number of rotatable bonds is 7. The Kier molecular flexibility index (Phi) is 7.52. The molecule has 0 bridgehead atoms. The maximum atomic E-state index is 13.4. The molecule has 0 aromatic carbocycles. The molecule has 4 N–H and O–H groups in total. The molecular weight excluding hydrogens is 456 g/mol. The van der Waals surface area contributed by atoms with Gasteiger partial charge in [-0.3, -0.25) is 14.5 Å². The molecule has 10 heteroatoms. The monoisotopic (exact) mass is 494 g/mol. The second kappa shape index (κ2) is 11.0. The zero-order chi connectivity index (χ0) is 25.1. The van der Waals surface area contributed by atoms with Crippen molar-refractivity contribution < 1.29 is 9.59 Å². The van der Waals surface area contributed by atoms with Gasteiger partial charge in [-0.25, -0.2) is 9.97 Å². The molecule has 2 atom stereocenters. The summed E-state index contributed by atoms with van der Waals surface area (Å²) in [5.41, 5.74) is 7.73. The second-order valence-electron chi connectivity index (χ2n) is 10.6. The Morgan fingerprint density at radius 2 is 2.00 bits per heavy atom. The topological polar surface area (TPSA) is 121 Å². The third kappa shape index (κ3) is 5.70. The van der Waals surface area contributed by atoms with Crippen molar-refractivity contribution in [2.24, 2.45) is 5.92 Å². The van der Waals surface area contributed by atoms with Crippen LogP contribution < -0.4 is 16.4 Å². The van der Waals surface area contributed by atoms with Crippen LogP contribution in [0.1, 0.15) is 55.1 Å². The highest BCUT2D eigenvalue weighted by atomic mass is 16.2. The fourth-order valence-electron chi connectivity index (χ4n) is 5.85. The first-order chi connectivity index (χ1) is 17.5. The molecule has 194 valence electrons. The van der Waals surface area contributed by atoms with Crippen LogP contribution >= 0.6 is 0 Å². The SMILES string of the molecule is CN1CCN(C[C@@H](NC(=O)C[C@H]2CNC(=O)c3cc(-c4ccnc(N)n4)cn32)C2CCCCC2)CC1. The van der Waals surface area contributed by atoms with Crippen molar-refractivity contribution in [2.45, 2.75) is 50.6 Å². The molecule has 2 aromatic rings. The minimum atomic E-state index is -0.152. The lowest BCUT2D eigenvalue weighted by Gasteiger charge is -2.38. The van der Waals surface area contributed by atoms with Gasteiger partial charge in [0, 0.05) is 69.7 Å². The third-order valence-corrected chi connectivity index (χ3v) is 7.98. The fourth-order valence-corrected chi connectivity index (χ4v) is 5.85. The van der Waals surface area contributed by atoms with E-state index in [4.69, 9.17) is 5.73 Å². The number of aromatic nitrogens is 3. The number of anilines is 1. The number of piperazine rings is 1. The average Bonchev–Trinajstić information content (AvgIpc) is 3.34. The highest BCUT2D eigenvalue weighted by Crippen LogP contribution is 2.29. The first-order valence-electron chi connectivity index (χ1n) is 13.3. The molecule has 1 aliphatic carbocycles. The Labute approximate surface area is 212 Å². The van der Waals surface area contributed by atoms with Crippen LogP contribution in [0.3, 0.4) is 0 Å². The van der Waals surface area contributed by atoms with E-state index in [1.54, 1.807) is 18.3 Å². The van der Waals surface area contributed by atoms with Gasteiger partial charge < -0.3 is 25.8 Å². The second-order valence-corrected chi connectivity index (χ2v) is 10.6. The molecule has 0 unspecified atom stereocenters. The maximum absolute atomic E-state index is 13.4. The minimum Gasteiger partial charge on any atom is -0.368 e. The molecule has 2 fully saturated rings. The molecule has 2 amide bonds. The number of nitrogens with one attached hydrogen (secondary N) is 2. The van der Waals surface area contributed by atoms with Crippen LogP contribution in [-0.4, -0.2) is 88.5 Å². The molecule has 2 aromatic heterocycles. The van der Waals surface area contributed by atoms with Gasteiger partial charge in [-0.2, -0.15) is 0 Å². The van der Waals surface area contributed by atoms with Gasteiger partial charge in [0.25, 0.3) is 5.91 Å². The van der Waals surface area contributed by atoms with Gasteiger partial charge in [-0.05, 0) is 37.9 Å². The number of nitrogens with two attached hydrogens (primary N) is 1. The summed E-state index contributed by atoms with van der Waals surface area (Å²) in [4.78, 5) is 39.0. The molecule has 0 radical (unpaired) electrons. The molecular formula is C26H38N8O2. The largest absolute Gasteiger partial charge is 0.368 e. The molecule has 2 aliphatic heterocycles. The number of carbonyl (C=O) groups excluding carboxylic acids is 2. The summed E-state index contributed by atoms with van der Waals surface area (Å²) in [6.07, 6.45) is 9.98. The van der Waals surface area contributed by atoms with Gasteiger partial charge in [-0.15, -0.1) is 0 Å². The van der Waals surface area contributed by atoms with E-state index in [1.807, 2.05) is 10.8 Å². The standard InChI is InChI=1S/C26H38N8O2/c1-32-9-11-33(12-10-32)17-22(18-5-3-2-4-6-18)30-24(35)14-20-15-29-25(36)23-13-19(16-34(20)23)21-7-8-28-26(27)31-21/h7-8,13,16,18,20,22H,2-6,9-12,14-15,17H2,1H3,(H,29,36)(H,30,35)(H2,27,28,31)/t20-,22+/m0/s1. The lowest BCUT2D eigenvalue weighted by atomic mass is 9.83. The van der Waals surface area contributed by atoms with Crippen LogP contribution in [0.4, 0.5) is 5.95 Å². The summed E-state index contributed by atoms with van der Waals surface area (Å²) in [6.45, 7) is 5.58. The molecule has 10 nitrogen and oxygen atoms in total. The summed E-state index contributed by atoms with van der Waals surface area (Å²) in [7, 11) is 2.17. The van der Waals surface area contributed by atoms with E-state index in [9.17, 15) is 9.59 Å². The van der Waals surface area contributed by atoms with E-state index < -0.39 is 0 Å². The number of nitrogens with zero attached hydrogens (tertiary/aromatic N) is 5. The van der Waals surface area contributed by atoms with Crippen LogP contribution in [0.2, 0.25) is 0 Å². The number of fused-ring (bicyclic) bond motifs is 1. The minimum absolute atomic E-state index is 0.0494. The predicted octanol–water partition coefficient (Wildman–Crippen LogP) is 1.51. The zero-order valence-electron chi connectivity index (χ0n) is 21.2. The van der Waals surface area contributed by atoms with Crippen molar-refractivity contribution in [1.82, 2.24) is 35.0 Å². The molecule has 0 spiro atoms. The molecule has 3 aliphatic rings. The van der Waals surface area contributed by atoms with Crippen LogP contribution in [0, 0.1) is 5.92 Å². The highest BCUT2D eigenvalue weighted by molar-refractivity contribution is 5.95. The van der Waals surface area contributed by atoms with Gasteiger partial charge >= 0.3 is 0 Å². The van der Waals surface area contributed by atoms with Gasteiger partial charge in [0.05, 0.1) is 11.7 Å². The first-order valence-corrected chi connectivity index (χ1v) is 13.3. The maximum Gasteiger partial charge on any atom is 0.268 e. The van der Waals surface area contributed by atoms with E-state index in [2.05, 4.69) is 37.4 Å². The Hall–Kier alpha value is -2.98. The normalized spacial score (nSPS) is 22.6. The number of likely N-dealkylation sites (N-methyl/N-ethyl adjacent to an activating group) is 1. The highest BCUT2D eigenvalue weighted by Gasteiger charge is 2.31. The number of hydrogen-bond acceptors (Lipinski definition) is 7. The quantitative estimate of drug-likeness (QED) is 0.533. The fraction of sp³-hybridized carbons (Fsp3) is 0.615. The van der Waals surface area contributed by atoms with Crippen molar-refractivity contribution in [1.29, 1.82) is 0 Å². The van der Waals surface area contributed by atoms with Crippen molar-refractivity contribution in [2.75, 3.05) is 52.0 Å². The Morgan fingerprint density at radius 3 is 2.75 bits per heavy atom. The number of carbonyl (C=O) groups is 2. The summed E-state index contributed by atoms with van der Waals surface area (Å²) in [5, 5.41) is 6.37. The third-order valence-electron chi connectivity index (χ3n) is 7.98.